The number of carboxylic acid groups (broad SMARTS) is 1. The van der Waals surface area contributed by atoms with E-state index in [1.165, 1.54) is 6.92 Å². The van der Waals surface area contributed by atoms with E-state index in [0.29, 0.717) is 0 Å². The average Bonchev–Trinajstić information content (AvgIpc) is 2.22. The SMILES string of the molecule is CC(C)C(=O)OCCOC(=O)C(C)CC(=O)O. The second-order valence-electron chi connectivity index (χ2n) is 3.99. The van der Waals surface area contributed by atoms with Gasteiger partial charge in [-0.05, 0) is 0 Å². The van der Waals surface area contributed by atoms with Gasteiger partial charge in [-0.3, -0.25) is 14.4 Å². The molecule has 0 aliphatic rings. The average molecular weight is 246 g/mol. The number of carboxylic acids is 1. The van der Waals surface area contributed by atoms with Crippen molar-refractivity contribution in [1.82, 2.24) is 0 Å². The Morgan fingerprint density at radius 2 is 1.47 bits per heavy atom. The zero-order chi connectivity index (χ0) is 13.4. The Hall–Kier alpha value is -1.59. The van der Waals surface area contributed by atoms with Crippen LogP contribution in [0.25, 0.3) is 0 Å². The molecule has 0 aromatic rings. The highest BCUT2D eigenvalue weighted by atomic mass is 16.6. The number of hydrogen-bond donors (Lipinski definition) is 1. The molecule has 0 saturated heterocycles. The fourth-order valence-corrected chi connectivity index (χ4v) is 0.939. The number of esters is 2. The van der Waals surface area contributed by atoms with Gasteiger partial charge < -0.3 is 14.6 Å². The number of ether oxygens (including phenoxy) is 2. The largest absolute Gasteiger partial charge is 0.481 e. The van der Waals surface area contributed by atoms with E-state index in [1.807, 2.05) is 0 Å². The van der Waals surface area contributed by atoms with Gasteiger partial charge in [0.25, 0.3) is 0 Å². The van der Waals surface area contributed by atoms with E-state index in [-0.39, 0.29) is 31.5 Å². The number of aliphatic carboxylic acids is 1. The van der Waals surface area contributed by atoms with Crippen LogP contribution in [0.3, 0.4) is 0 Å². The summed E-state index contributed by atoms with van der Waals surface area (Å²) in [4.78, 5) is 32.6. The molecule has 98 valence electrons. The molecular weight excluding hydrogens is 228 g/mol. The van der Waals surface area contributed by atoms with Crippen LogP contribution in [0.1, 0.15) is 27.2 Å². The van der Waals surface area contributed by atoms with Crippen molar-refractivity contribution in [2.24, 2.45) is 11.8 Å². The van der Waals surface area contributed by atoms with Gasteiger partial charge >= 0.3 is 17.9 Å². The van der Waals surface area contributed by atoms with Crippen molar-refractivity contribution in [2.45, 2.75) is 27.2 Å². The van der Waals surface area contributed by atoms with E-state index in [1.54, 1.807) is 13.8 Å². The first kappa shape index (κ1) is 15.4. The Labute approximate surface area is 99.9 Å². The molecule has 0 rings (SSSR count). The minimum absolute atomic E-state index is 0.0114. The van der Waals surface area contributed by atoms with Crippen molar-refractivity contribution < 1.29 is 29.0 Å². The molecule has 0 aliphatic heterocycles. The lowest BCUT2D eigenvalue weighted by Gasteiger charge is -2.10. The van der Waals surface area contributed by atoms with Gasteiger partial charge in [-0.1, -0.05) is 20.8 Å². The van der Waals surface area contributed by atoms with E-state index >= 15 is 0 Å². The summed E-state index contributed by atoms with van der Waals surface area (Å²) in [6.07, 6.45) is -0.273. The molecule has 0 aliphatic carbocycles. The zero-order valence-corrected chi connectivity index (χ0v) is 10.3. The summed E-state index contributed by atoms with van der Waals surface area (Å²) in [6, 6.07) is 0. The highest BCUT2D eigenvalue weighted by Gasteiger charge is 2.18. The molecule has 1 atom stereocenters. The van der Waals surface area contributed by atoms with Crippen LogP contribution in [-0.2, 0) is 23.9 Å². The quantitative estimate of drug-likeness (QED) is 0.529. The zero-order valence-electron chi connectivity index (χ0n) is 10.3. The first-order valence-electron chi connectivity index (χ1n) is 5.39. The summed E-state index contributed by atoms with van der Waals surface area (Å²) < 4.78 is 9.54. The van der Waals surface area contributed by atoms with Gasteiger partial charge in [-0.15, -0.1) is 0 Å². The third-order valence-electron chi connectivity index (χ3n) is 1.93. The maximum atomic E-state index is 11.2. The lowest BCUT2D eigenvalue weighted by atomic mass is 10.1. The van der Waals surface area contributed by atoms with E-state index < -0.39 is 17.9 Å². The number of rotatable bonds is 7. The number of carbonyl (C=O) groups excluding carboxylic acids is 2. The molecule has 6 heteroatoms. The van der Waals surface area contributed by atoms with Crippen molar-refractivity contribution in [1.29, 1.82) is 0 Å². The Kier molecular flexibility index (Phi) is 6.93. The molecule has 0 aromatic carbocycles. The molecular formula is C11H18O6. The summed E-state index contributed by atoms with van der Waals surface area (Å²) in [5.74, 6) is -2.95. The predicted octanol–water partition coefficient (Wildman–Crippen LogP) is 0.840. The first-order chi connectivity index (χ1) is 7.84. The van der Waals surface area contributed by atoms with Crippen molar-refractivity contribution in [3.8, 4) is 0 Å². The van der Waals surface area contributed by atoms with Gasteiger partial charge in [0.1, 0.15) is 13.2 Å². The van der Waals surface area contributed by atoms with Gasteiger partial charge in [0.05, 0.1) is 18.3 Å². The van der Waals surface area contributed by atoms with E-state index in [2.05, 4.69) is 0 Å². The predicted molar refractivity (Wildman–Crippen MR) is 58.2 cm³/mol. The maximum Gasteiger partial charge on any atom is 0.309 e. The topological polar surface area (TPSA) is 89.9 Å². The molecule has 0 spiro atoms. The van der Waals surface area contributed by atoms with Gasteiger partial charge in [0.2, 0.25) is 0 Å². The van der Waals surface area contributed by atoms with Crippen LogP contribution in [0.5, 0.6) is 0 Å². The lowest BCUT2D eigenvalue weighted by Crippen LogP contribution is -2.21. The summed E-state index contributed by atoms with van der Waals surface area (Å²) >= 11 is 0. The number of carbonyl (C=O) groups is 3. The Morgan fingerprint density at radius 1 is 1.00 bits per heavy atom. The lowest BCUT2D eigenvalue weighted by molar-refractivity contribution is -0.157. The van der Waals surface area contributed by atoms with E-state index in [9.17, 15) is 14.4 Å². The van der Waals surface area contributed by atoms with E-state index in [0.717, 1.165) is 0 Å². The Balaban J connectivity index is 3.71. The van der Waals surface area contributed by atoms with Crippen LogP contribution < -0.4 is 0 Å². The molecule has 0 fully saturated rings. The number of hydrogen-bond acceptors (Lipinski definition) is 5. The van der Waals surface area contributed by atoms with Crippen molar-refractivity contribution >= 4 is 17.9 Å². The molecule has 0 amide bonds. The molecule has 6 nitrogen and oxygen atoms in total. The maximum absolute atomic E-state index is 11.2. The highest BCUT2D eigenvalue weighted by molar-refractivity contribution is 5.78. The van der Waals surface area contributed by atoms with Crippen LogP contribution in [0.4, 0.5) is 0 Å². The summed E-state index contributed by atoms with van der Waals surface area (Å²) in [6.45, 7) is 4.80. The van der Waals surface area contributed by atoms with Crippen LogP contribution in [-0.4, -0.2) is 36.2 Å². The smallest absolute Gasteiger partial charge is 0.309 e. The fraction of sp³-hybridized carbons (Fsp3) is 0.727. The van der Waals surface area contributed by atoms with Crippen LogP contribution in [0, 0.1) is 11.8 Å². The molecule has 1 N–H and O–H groups in total. The van der Waals surface area contributed by atoms with Crippen LogP contribution >= 0.6 is 0 Å². The summed E-state index contributed by atoms with van der Waals surface area (Å²) in [5, 5.41) is 8.46. The standard InChI is InChI=1S/C11H18O6/c1-7(2)10(14)16-4-5-17-11(15)8(3)6-9(12)13/h7-8H,4-6H2,1-3H3,(H,12,13). The first-order valence-corrected chi connectivity index (χ1v) is 5.39. The molecule has 0 radical (unpaired) electrons. The van der Waals surface area contributed by atoms with Crippen LogP contribution in [0.2, 0.25) is 0 Å². The summed E-state index contributed by atoms with van der Waals surface area (Å²) in [5.41, 5.74) is 0. The molecule has 1 unspecified atom stereocenters. The van der Waals surface area contributed by atoms with Crippen molar-refractivity contribution in [3.05, 3.63) is 0 Å². The minimum Gasteiger partial charge on any atom is -0.481 e. The van der Waals surface area contributed by atoms with Gasteiger partial charge in [-0.25, -0.2) is 0 Å². The molecule has 17 heavy (non-hydrogen) atoms. The third kappa shape index (κ3) is 7.32. The van der Waals surface area contributed by atoms with Gasteiger partial charge in [-0.2, -0.15) is 0 Å². The molecule has 0 bridgehead atoms. The van der Waals surface area contributed by atoms with Gasteiger partial charge in [0.15, 0.2) is 0 Å². The van der Waals surface area contributed by atoms with E-state index in [4.69, 9.17) is 14.6 Å². The molecule has 0 aromatic heterocycles. The second-order valence-corrected chi connectivity index (χ2v) is 3.99. The fourth-order valence-electron chi connectivity index (χ4n) is 0.939. The van der Waals surface area contributed by atoms with Crippen molar-refractivity contribution in [3.63, 3.8) is 0 Å². The highest BCUT2D eigenvalue weighted by Crippen LogP contribution is 2.04. The summed E-state index contributed by atoms with van der Waals surface area (Å²) in [7, 11) is 0. The Morgan fingerprint density at radius 3 is 1.88 bits per heavy atom. The third-order valence-corrected chi connectivity index (χ3v) is 1.93. The monoisotopic (exact) mass is 246 g/mol. The molecule has 0 heterocycles. The van der Waals surface area contributed by atoms with Gasteiger partial charge in [0, 0.05) is 0 Å². The minimum atomic E-state index is -1.05. The second kappa shape index (κ2) is 7.65. The molecule has 0 saturated carbocycles. The van der Waals surface area contributed by atoms with Crippen LogP contribution in [0.15, 0.2) is 0 Å². The normalized spacial score (nSPS) is 12.0. The van der Waals surface area contributed by atoms with Crippen molar-refractivity contribution in [2.75, 3.05) is 13.2 Å². The Bertz CT molecular complexity index is 284.